The SMILES string of the molecule is CCCCOC(=O)/C=C/C1=CC=IC=C1. The summed E-state index contributed by atoms with van der Waals surface area (Å²) in [5.74, 6) is -0.252. The van der Waals surface area contributed by atoms with Gasteiger partial charge in [-0.15, -0.1) is 0 Å². The predicted octanol–water partition coefficient (Wildman–Crippen LogP) is 3.11. The Kier molecular flexibility index (Phi) is 6.23. The van der Waals surface area contributed by atoms with Crippen LogP contribution in [0.2, 0.25) is 0 Å². The van der Waals surface area contributed by atoms with Crippen LogP contribution in [0, 0.1) is 0 Å². The minimum absolute atomic E-state index is 0.116. The molecule has 15 heavy (non-hydrogen) atoms. The highest BCUT2D eigenvalue weighted by Crippen LogP contribution is 2.10. The van der Waals surface area contributed by atoms with Crippen molar-refractivity contribution in [2.75, 3.05) is 6.61 Å². The summed E-state index contributed by atoms with van der Waals surface area (Å²) in [5, 5.41) is 0. The molecule has 0 fully saturated rings. The van der Waals surface area contributed by atoms with Crippen LogP contribution in [-0.4, -0.2) is 16.6 Å². The number of unbranched alkanes of at least 4 members (excludes halogenated alkanes) is 1. The summed E-state index contributed by atoms with van der Waals surface area (Å²) >= 11 is 0.116. The minimum Gasteiger partial charge on any atom is -0.463 e. The monoisotopic (exact) mass is 318 g/mol. The third kappa shape index (κ3) is 5.67. The first-order chi connectivity index (χ1) is 7.33. The lowest BCUT2D eigenvalue weighted by Crippen LogP contribution is -2.01. The van der Waals surface area contributed by atoms with Crippen molar-refractivity contribution in [2.45, 2.75) is 19.8 Å². The summed E-state index contributed by atoms with van der Waals surface area (Å²) in [4.78, 5) is 11.2. The number of rotatable bonds is 5. The third-order valence-electron chi connectivity index (χ3n) is 1.81. The van der Waals surface area contributed by atoms with E-state index in [1.54, 1.807) is 6.08 Å². The fraction of sp³-hybridized carbons (Fsp3) is 0.333. The standard InChI is InChI=1S/C12H15IO2/c1-2-3-10-15-12(14)5-4-11-6-8-13-9-7-11/h4-9H,2-3,10H2,1H3/b5-4+. The fourth-order valence-electron chi connectivity index (χ4n) is 0.956. The Bertz CT molecular complexity index is 325. The Morgan fingerprint density at radius 3 is 3.13 bits per heavy atom. The zero-order valence-electron chi connectivity index (χ0n) is 8.78. The van der Waals surface area contributed by atoms with Crippen LogP contribution in [0.15, 0.2) is 34.0 Å². The molecule has 0 aromatic rings. The van der Waals surface area contributed by atoms with Gasteiger partial charge in [0.15, 0.2) is 0 Å². The van der Waals surface area contributed by atoms with E-state index in [0.29, 0.717) is 6.61 Å². The van der Waals surface area contributed by atoms with Crippen LogP contribution in [0.5, 0.6) is 0 Å². The second-order valence-corrected chi connectivity index (χ2v) is 5.22. The molecule has 1 rings (SSSR count). The van der Waals surface area contributed by atoms with Gasteiger partial charge in [0.25, 0.3) is 0 Å². The van der Waals surface area contributed by atoms with Gasteiger partial charge in [-0.3, -0.25) is 0 Å². The van der Waals surface area contributed by atoms with E-state index in [1.807, 2.05) is 12.2 Å². The first kappa shape index (κ1) is 12.4. The van der Waals surface area contributed by atoms with Crippen LogP contribution >= 0.6 is 20.7 Å². The molecule has 1 heterocycles. The van der Waals surface area contributed by atoms with Crippen LogP contribution in [0.4, 0.5) is 0 Å². The van der Waals surface area contributed by atoms with Crippen LogP contribution in [0.25, 0.3) is 0 Å². The van der Waals surface area contributed by atoms with Crippen molar-refractivity contribution in [1.29, 1.82) is 0 Å². The van der Waals surface area contributed by atoms with Crippen molar-refractivity contribution in [1.82, 2.24) is 0 Å². The predicted molar refractivity (Wildman–Crippen MR) is 72.3 cm³/mol. The molecule has 0 spiro atoms. The summed E-state index contributed by atoms with van der Waals surface area (Å²) in [7, 11) is 0. The Labute approximate surface area is 100 Å². The molecule has 0 N–H and O–H groups in total. The van der Waals surface area contributed by atoms with Crippen molar-refractivity contribution in [3.05, 3.63) is 34.0 Å². The molecular formula is C12H15IO2. The molecule has 0 aromatic carbocycles. The van der Waals surface area contributed by atoms with Crippen molar-refractivity contribution in [2.24, 2.45) is 0 Å². The Morgan fingerprint density at radius 2 is 2.47 bits per heavy atom. The maximum atomic E-state index is 11.2. The number of carbonyl (C=O) groups is 1. The highest BCUT2D eigenvalue weighted by Gasteiger charge is 1.96. The Morgan fingerprint density at radius 1 is 1.60 bits per heavy atom. The fourth-order valence-corrected chi connectivity index (χ4v) is 2.44. The number of carbonyl (C=O) groups excluding carboxylic acids is 1. The lowest BCUT2D eigenvalue weighted by molar-refractivity contribution is -0.137. The second-order valence-electron chi connectivity index (χ2n) is 3.07. The molecule has 0 saturated carbocycles. The zero-order valence-corrected chi connectivity index (χ0v) is 10.9. The summed E-state index contributed by atoms with van der Waals surface area (Å²) in [6.07, 6.45) is 9.35. The van der Waals surface area contributed by atoms with Gasteiger partial charge in [0.2, 0.25) is 0 Å². The third-order valence-corrected chi connectivity index (χ3v) is 3.36. The van der Waals surface area contributed by atoms with E-state index in [2.05, 4.69) is 15.0 Å². The Hall–Kier alpha value is -0.710. The van der Waals surface area contributed by atoms with E-state index in [4.69, 9.17) is 4.74 Å². The van der Waals surface area contributed by atoms with Gasteiger partial charge in [-0.25, -0.2) is 4.79 Å². The molecule has 0 saturated heterocycles. The van der Waals surface area contributed by atoms with Crippen molar-refractivity contribution in [3.63, 3.8) is 0 Å². The molecule has 82 valence electrons. The van der Waals surface area contributed by atoms with Crippen molar-refractivity contribution >= 4 is 30.7 Å². The maximum Gasteiger partial charge on any atom is 0.330 e. The summed E-state index contributed by atoms with van der Waals surface area (Å²) in [6, 6.07) is 0. The second kappa shape index (κ2) is 7.56. The number of hydrogen-bond acceptors (Lipinski definition) is 2. The molecule has 1 aliphatic heterocycles. The highest BCUT2D eigenvalue weighted by molar-refractivity contribution is 14.2. The lowest BCUT2D eigenvalue weighted by Gasteiger charge is -1.99. The average Bonchev–Trinajstić information content (AvgIpc) is 2.28. The van der Waals surface area contributed by atoms with Gasteiger partial charge in [0, 0.05) is 6.08 Å². The van der Waals surface area contributed by atoms with Gasteiger partial charge in [0.05, 0.1) is 6.61 Å². The van der Waals surface area contributed by atoms with E-state index in [0.717, 1.165) is 18.4 Å². The van der Waals surface area contributed by atoms with Gasteiger partial charge in [0.1, 0.15) is 0 Å². The summed E-state index contributed by atoms with van der Waals surface area (Å²) in [6.45, 7) is 2.59. The van der Waals surface area contributed by atoms with Crippen LogP contribution in [0.3, 0.4) is 0 Å². The molecule has 0 radical (unpaired) electrons. The molecule has 3 heteroatoms. The number of halogens is 1. The summed E-state index contributed by atoms with van der Waals surface area (Å²) in [5.41, 5.74) is 1.06. The highest BCUT2D eigenvalue weighted by atomic mass is 127. The van der Waals surface area contributed by atoms with Gasteiger partial charge in [-0.05, 0) is 38.3 Å². The van der Waals surface area contributed by atoms with E-state index < -0.39 is 0 Å². The van der Waals surface area contributed by atoms with E-state index in [-0.39, 0.29) is 26.7 Å². The molecule has 2 nitrogen and oxygen atoms in total. The molecule has 0 bridgehead atoms. The molecular weight excluding hydrogens is 303 g/mol. The normalized spacial score (nSPS) is 14.9. The van der Waals surface area contributed by atoms with E-state index >= 15 is 0 Å². The summed E-state index contributed by atoms with van der Waals surface area (Å²) < 4.78 is 9.33. The molecule has 1 aliphatic rings. The van der Waals surface area contributed by atoms with Gasteiger partial charge < -0.3 is 4.74 Å². The molecule has 0 atom stereocenters. The molecule has 0 amide bonds. The van der Waals surface area contributed by atoms with E-state index in [1.165, 1.54) is 6.08 Å². The Balaban J connectivity index is 2.31. The van der Waals surface area contributed by atoms with Crippen molar-refractivity contribution < 1.29 is 9.53 Å². The van der Waals surface area contributed by atoms with Gasteiger partial charge in [-0.1, -0.05) is 34.1 Å². The lowest BCUT2D eigenvalue weighted by atomic mass is 10.2. The molecule has 0 aliphatic carbocycles. The number of ether oxygens (including phenoxy) is 1. The first-order valence-corrected chi connectivity index (χ1v) is 7.49. The number of hydrogen-bond donors (Lipinski definition) is 0. The first-order valence-electron chi connectivity index (χ1n) is 5.00. The molecule has 0 aromatic heterocycles. The smallest absolute Gasteiger partial charge is 0.330 e. The average molecular weight is 318 g/mol. The number of esters is 1. The van der Waals surface area contributed by atoms with Gasteiger partial charge in [-0.2, -0.15) is 0 Å². The minimum atomic E-state index is -0.252. The topological polar surface area (TPSA) is 26.3 Å². The largest absolute Gasteiger partial charge is 0.463 e. The van der Waals surface area contributed by atoms with Crippen LogP contribution < -0.4 is 0 Å². The van der Waals surface area contributed by atoms with Gasteiger partial charge >= 0.3 is 5.97 Å². The quantitative estimate of drug-likeness (QED) is 0.337. The van der Waals surface area contributed by atoms with Crippen LogP contribution in [0.1, 0.15) is 19.8 Å². The van der Waals surface area contributed by atoms with Crippen molar-refractivity contribution in [3.8, 4) is 0 Å². The van der Waals surface area contributed by atoms with E-state index in [9.17, 15) is 4.79 Å². The van der Waals surface area contributed by atoms with Crippen LogP contribution in [-0.2, 0) is 9.53 Å². The molecule has 0 unspecified atom stereocenters. The zero-order chi connectivity index (χ0) is 10.9. The maximum absolute atomic E-state index is 11.2. The number of allylic oxidation sites excluding steroid dienone is 4.